The summed E-state index contributed by atoms with van der Waals surface area (Å²) >= 11 is 0.680. The van der Waals surface area contributed by atoms with Crippen LogP contribution in [0.5, 0.6) is 5.75 Å². The highest BCUT2D eigenvalue weighted by atomic mass is 32.2. The monoisotopic (exact) mass is 452 g/mol. The number of alkyl halides is 3. The maximum atomic E-state index is 12.9. The van der Waals surface area contributed by atoms with Gasteiger partial charge in [0.25, 0.3) is 0 Å². The molecule has 29 heavy (non-hydrogen) atoms. The van der Waals surface area contributed by atoms with E-state index < -0.39 is 56.9 Å². The summed E-state index contributed by atoms with van der Waals surface area (Å²) in [5.41, 5.74) is 4.56. The lowest BCUT2D eigenvalue weighted by atomic mass is 10.2. The van der Waals surface area contributed by atoms with E-state index in [1.165, 1.54) is 12.3 Å². The summed E-state index contributed by atoms with van der Waals surface area (Å²) < 4.78 is 66.7. The third-order valence-electron chi connectivity index (χ3n) is 3.58. The van der Waals surface area contributed by atoms with Crippen LogP contribution in [0.4, 0.5) is 18.9 Å². The number of nitrogens with two attached hydrogens (primary N) is 1. The van der Waals surface area contributed by atoms with Crippen molar-refractivity contribution in [2.45, 2.75) is 22.4 Å². The Morgan fingerprint density at radius 2 is 1.97 bits per heavy atom. The van der Waals surface area contributed by atoms with E-state index in [-0.39, 0.29) is 9.77 Å². The molecule has 0 fully saturated rings. The molecule has 1 aromatic heterocycles. The molecule has 13 heteroatoms. The van der Waals surface area contributed by atoms with E-state index in [2.05, 4.69) is 10.1 Å². The molecule has 0 saturated heterocycles. The summed E-state index contributed by atoms with van der Waals surface area (Å²) in [5, 5.41) is 12.4. The van der Waals surface area contributed by atoms with Crippen LogP contribution in [0.1, 0.15) is 17.3 Å². The Balaban J connectivity index is 2.55. The van der Waals surface area contributed by atoms with Gasteiger partial charge in [0.05, 0.1) is 28.7 Å². The summed E-state index contributed by atoms with van der Waals surface area (Å²) in [5.74, 6) is -3.40. The van der Waals surface area contributed by atoms with Crippen LogP contribution in [0, 0.1) is 5.92 Å². The van der Waals surface area contributed by atoms with E-state index in [9.17, 15) is 31.2 Å². The maximum absolute atomic E-state index is 12.9. The summed E-state index contributed by atoms with van der Waals surface area (Å²) in [7, 11) is -4.32. The molecule has 0 spiro atoms. The van der Waals surface area contributed by atoms with Gasteiger partial charge in [-0.2, -0.15) is 0 Å². The summed E-state index contributed by atoms with van der Waals surface area (Å²) in [6.07, 6.45) is -5.04. The largest absolute Gasteiger partial charge is 0.573 e. The molecule has 0 unspecified atom stereocenters. The number of hydrogen-bond donors (Lipinski definition) is 3. The highest BCUT2D eigenvalue weighted by molar-refractivity contribution is 7.93. The first-order chi connectivity index (χ1) is 13.3. The van der Waals surface area contributed by atoms with Gasteiger partial charge in [0.15, 0.2) is 0 Å². The number of aliphatic hydroxyl groups is 1. The van der Waals surface area contributed by atoms with Crippen LogP contribution in [-0.4, -0.2) is 38.3 Å². The zero-order valence-corrected chi connectivity index (χ0v) is 16.3. The van der Waals surface area contributed by atoms with Crippen LogP contribution in [0.15, 0.2) is 38.8 Å². The predicted molar refractivity (Wildman–Crippen MR) is 96.3 cm³/mol. The molecule has 0 radical (unpaired) electrons. The average Bonchev–Trinajstić information content (AvgIpc) is 3.10. The Morgan fingerprint density at radius 1 is 1.31 bits per heavy atom. The second-order valence-corrected chi connectivity index (χ2v) is 8.86. The molecule has 0 aliphatic heterocycles. The molecule has 1 aromatic carbocycles. The number of halogens is 3. The standard InChI is InChI=1S/C16H15F3N2O6S2/c1-8(6-22)15(24)21-11-5-10(27-16(17,18)19)2-3-12(11)29(25,26)13-4-9(7-28-13)14(20)23/h2-5,7-8,22H,6H2,1H3,(H2,20,23)(H,21,24)/t8-/m0/s1. The Kier molecular flexibility index (Phi) is 6.55. The Hall–Kier alpha value is -2.64. The van der Waals surface area contributed by atoms with E-state index >= 15 is 0 Å². The number of nitrogens with one attached hydrogen (secondary N) is 1. The van der Waals surface area contributed by atoms with Crippen LogP contribution >= 0.6 is 11.3 Å². The zero-order chi connectivity index (χ0) is 22.0. The van der Waals surface area contributed by atoms with Gasteiger partial charge < -0.3 is 20.9 Å². The fourth-order valence-electron chi connectivity index (χ4n) is 2.07. The first-order valence-electron chi connectivity index (χ1n) is 7.80. The second kappa shape index (κ2) is 8.39. The number of carbonyl (C=O) groups excluding carboxylic acids is 2. The Labute approximate surface area is 167 Å². The van der Waals surface area contributed by atoms with E-state index in [4.69, 9.17) is 10.8 Å². The van der Waals surface area contributed by atoms with Crippen molar-refractivity contribution in [1.82, 2.24) is 0 Å². The number of ether oxygens (including phenoxy) is 1. The molecular formula is C16H15F3N2O6S2. The lowest BCUT2D eigenvalue weighted by molar-refractivity contribution is -0.274. The van der Waals surface area contributed by atoms with Crippen LogP contribution < -0.4 is 15.8 Å². The van der Waals surface area contributed by atoms with Gasteiger partial charge in [-0.1, -0.05) is 6.92 Å². The SMILES string of the molecule is C[C@@H](CO)C(=O)Nc1cc(OC(F)(F)F)ccc1S(=O)(=O)c1cc(C(N)=O)cs1. The molecule has 0 saturated carbocycles. The molecule has 4 N–H and O–H groups in total. The van der Waals surface area contributed by atoms with Crippen molar-refractivity contribution in [1.29, 1.82) is 0 Å². The van der Waals surface area contributed by atoms with Crippen molar-refractivity contribution in [2.24, 2.45) is 11.7 Å². The third-order valence-corrected chi connectivity index (χ3v) is 6.83. The topological polar surface area (TPSA) is 136 Å². The van der Waals surface area contributed by atoms with Crippen molar-refractivity contribution < 1.29 is 41.0 Å². The third kappa shape index (κ3) is 5.46. The van der Waals surface area contributed by atoms with Crippen molar-refractivity contribution in [2.75, 3.05) is 11.9 Å². The van der Waals surface area contributed by atoms with Crippen LogP contribution in [0.25, 0.3) is 0 Å². The lowest BCUT2D eigenvalue weighted by Gasteiger charge is -2.16. The van der Waals surface area contributed by atoms with Gasteiger partial charge in [0.1, 0.15) is 9.96 Å². The zero-order valence-electron chi connectivity index (χ0n) is 14.7. The minimum Gasteiger partial charge on any atom is -0.406 e. The quantitative estimate of drug-likeness (QED) is 0.589. The number of aliphatic hydroxyl groups excluding tert-OH is 1. The highest BCUT2D eigenvalue weighted by Gasteiger charge is 2.32. The number of amides is 2. The van der Waals surface area contributed by atoms with Gasteiger partial charge in [-0.15, -0.1) is 24.5 Å². The van der Waals surface area contributed by atoms with Gasteiger partial charge in [-0.05, 0) is 18.2 Å². The molecule has 2 aromatic rings. The number of hydrogen-bond acceptors (Lipinski definition) is 7. The van der Waals surface area contributed by atoms with Gasteiger partial charge in [0.2, 0.25) is 21.7 Å². The van der Waals surface area contributed by atoms with Gasteiger partial charge in [-0.25, -0.2) is 8.42 Å². The maximum Gasteiger partial charge on any atom is 0.573 e. The second-order valence-electron chi connectivity index (χ2n) is 5.80. The molecule has 0 aliphatic carbocycles. The van der Waals surface area contributed by atoms with E-state index in [1.54, 1.807) is 0 Å². The minimum atomic E-state index is -5.04. The van der Waals surface area contributed by atoms with Crippen molar-refractivity contribution in [3.05, 3.63) is 35.2 Å². The molecule has 8 nitrogen and oxygen atoms in total. The van der Waals surface area contributed by atoms with Gasteiger partial charge >= 0.3 is 6.36 Å². The number of sulfone groups is 1. The molecule has 0 bridgehead atoms. The minimum absolute atomic E-state index is 0.0647. The Morgan fingerprint density at radius 3 is 2.48 bits per heavy atom. The fraction of sp³-hybridized carbons (Fsp3) is 0.250. The molecule has 158 valence electrons. The smallest absolute Gasteiger partial charge is 0.406 e. The van der Waals surface area contributed by atoms with E-state index in [1.807, 2.05) is 0 Å². The van der Waals surface area contributed by atoms with Crippen molar-refractivity contribution >= 4 is 38.7 Å². The van der Waals surface area contributed by atoms with Gasteiger partial charge in [0, 0.05) is 11.4 Å². The summed E-state index contributed by atoms with van der Waals surface area (Å²) in [6.45, 7) is 0.761. The van der Waals surface area contributed by atoms with E-state index in [0.29, 0.717) is 17.4 Å². The number of rotatable bonds is 7. The number of thiophene rings is 1. The highest BCUT2D eigenvalue weighted by Crippen LogP contribution is 2.35. The number of primary amides is 1. The fourth-order valence-corrected chi connectivity index (χ4v) is 4.76. The number of carbonyl (C=O) groups is 2. The van der Waals surface area contributed by atoms with Crippen LogP contribution in [0.2, 0.25) is 0 Å². The van der Waals surface area contributed by atoms with Crippen molar-refractivity contribution in [3.63, 3.8) is 0 Å². The predicted octanol–water partition coefficient (Wildman–Crippen LogP) is 2.15. The number of anilines is 1. The molecule has 1 atom stereocenters. The van der Waals surface area contributed by atoms with E-state index in [0.717, 1.165) is 18.2 Å². The first kappa shape index (κ1) is 22.6. The molecule has 0 aliphatic rings. The molecule has 2 amide bonds. The first-order valence-corrected chi connectivity index (χ1v) is 10.2. The van der Waals surface area contributed by atoms with Crippen LogP contribution in [0.3, 0.4) is 0 Å². The molecule has 2 rings (SSSR count). The normalized spacial score (nSPS) is 13.0. The van der Waals surface area contributed by atoms with Crippen molar-refractivity contribution in [3.8, 4) is 5.75 Å². The summed E-state index contributed by atoms with van der Waals surface area (Å²) in [4.78, 5) is 22.7. The lowest BCUT2D eigenvalue weighted by Crippen LogP contribution is -2.24. The number of benzene rings is 1. The molecular weight excluding hydrogens is 437 g/mol. The molecule has 1 heterocycles. The Bertz CT molecular complexity index is 1030. The summed E-state index contributed by atoms with van der Waals surface area (Å²) in [6, 6.07) is 3.32. The van der Waals surface area contributed by atoms with Crippen LogP contribution in [-0.2, 0) is 14.6 Å². The average molecular weight is 452 g/mol. The van der Waals surface area contributed by atoms with Gasteiger partial charge in [-0.3, -0.25) is 9.59 Å².